The van der Waals surface area contributed by atoms with Crippen LogP contribution in [0.25, 0.3) is 0 Å². The summed E-state index contributed by atoms with van der Waals surface area (Å²) in [6.45, 7) is 4.53. The van der Waals surface area contributed by atoms with Gasteiger partial charge in [-0.2, -0.15) is 0 Å². The Labute approximate surface area is 105 Å². The molecule has 2 nitrogen and oxygen atoms in total. The summed E-state index contributed by atoms with van der Waals surface area (Å²) in [7, 11) is 2.21. The maximum atomic E-state index is 5.89. The first-order valence-corrected chi connectivity index (χ1v) is 6.67. The highest BCUT2D eigenvalue weighted by Crippen LogP contribution is 2.31. The van der Waals surface area contributed by atoms with Gasteiger partial charge in [0, 0.05) is 24.5 Å². The van der Waals surface area contributed by atoms with Crippen molar-refractivity contribution in [1.82, 2.24) is 0 Å². The smallest absolute Gasteiger partial charge is 0.0416 e. The second kappa shape index (κ2) is 4.99. The number of nitrogen functional groups attached to an aromatic ring is 1. The van der Waals surface area contributed by atoms with Crippen molar-refractivity contribution in [3.8, 4) is 0 Å². The lowest BCUT2D eigenvalue weighted by Crippen LogP contribution is -2.35. The maximum Gasteiger partial charge on any atom is 0.0416 e. The number of benzene rings is 1. The third kappa shape index (κ3) is 2.74. The van der Waals surface area contributed by atoms with Gasteiger partial charge in [0.05, 0.1) is 0 Å². The van der Waals surface area contributed by atoms with Crippen LogP contribution < -0.4 is 10.6 Å². The van der Waals surface area contributed by atoms with Crippen molar-refractivity contribution in [1.29, 1.82) is 0 Å². The van der Waals surface area contributed by atoms with Gasteiger partial charge in [0.1, 0.15) is 0 Å². The van der Waals surface area contributed by atoms with E-state index in [1.165, 1.54) is 36.9 Å². The van der Waals surface area contributed by atoms with E-state index in [4.69, 9.17) is 5.73 Å². The highest BCUT2D eigenvalue weighted by Gasteiger charge is 2.22. The summed E-state index contributed by atoms with van der Waals surface area (Å²) >= 11 is 0. The second-order valence-electron chi connectivity index (χ2n) is 5.57. The van der Waals surface area contributed by atoms with Crippen molar-refractivity contribution in [3.63, 3.8) is 0 Å². The number of hydrogen-bond donors (Lipinski definition) is 1. The van der Waals surface area contributed by atoms with Gasteiger partial charge in [0.25, 0.3) is 0 Å². The first-order valence-electron chi connectivity index (χ1n) is 6.67. The van der Waals surface area contributed by atoms with E-state index in [0.29, 0.717) is 6.04 Å². The lowest BCUT2D eigenvalue weighted by Gasteiger charge is -2.36. The predicted molar refractivity (Wildman–Crippen MR) is 75.4 cm³/mol. The van der Waals surface area contributed by atoms with Crippen LogP contribution in [-0.4, -0.2) is 13.1 Å². The summed E-state index contributed by atoms with van der Waals surface area (Å²) in [5.41, 5.74) is 9.37. The Bertz CT molecular complexity index is 379. The van der Waals surface area contributed by atoms with Crippen molar-refractivity contribution in [2.75, 3.05) is 17.7 Å². The number of rotatable bonds is 2. The third-order valence-electron chi connectivity index (χ3n) is 4.15. The topological polar surface area (TPSA) is 29.3 Å². The molecule has 0 unspecified atom stereocenters. The van der Waals surface area contributed by atoms with Gasteiger partial charge in [0.15, 0.2) is 0 Å². The van der Waals surface area contributed by atoms with Gasteiger partial charge in [-0.25, -0.2) is 0 Å². The largest absolute Gasteiger partial charge is 0.399 e. The molecule has 1 aliphatic carbocycles. The molecule has 0 saturated heterocycles. The highest BCUT2D eigenvalue weighted by atomic mass is 15.1. The Morgan fingerprint density at radius 3 is 2.47 bits per heavy atom. The first kappa shape index (κ1) is 12.3. The van der Waals surface area contributed by atoms with Crippen molar-refractivity contribution >= 4 is 11.4 Å². The van der Waals surface area contributed by atoms with Gasteiger partial charge in [-0.05, 0) is 56.2 Å². The van der Waals surface area contributed by atoms with Crippen molar-refractivity contribution < 1.29 is 0 Å². The quantitative estimate of drug-likeness (QED) is 0.790. The second-order valence-corrected chi connectivity index (χ2v) is 5.57. The third-order valence-corrected chi connectivity index (χ3v) is 4.15. The summed E-state index contributed by atoms with van der Waals surface area (Å²) in [6.07, 6.45) is 5.34. The Balaban J connectivity index is 2.13. The molecule has 1 aliphatic rings. The molecule has 0 amide bonds. The molecule has 1 aromatic carbocycles. The van der Waals surface area contributed by atoms with Gasteiger partial charge in [-0.1, -0.05) is 13.0 Å². The molecular weight excluding hydrogens is 208 g/mol. The van der Waals surface area contributed by atoms with Gasteiger partial charge in [0.2, 0.25) is 0 Å². The molecule has 0 aromatic heterocycles. The van der Waals surface area contributed by atoms with Crippen LogP contribution in [0.5, 0.6) is 0 Å². The molecule has 1 fully saturated rings. The van der Waals surface area contributed by atoms with Crippen LogP contribution in [0.15, 0.2) is 18.2 Å². The number of aryl methyl sites for hydroxylation is 1. The maximum absolute atomic E-state index is 5.89. The lowest BCUT2D eigenvalue weighted by molar-refractivity contribution is 0.340. The molecule has 1 saturated carbocycles. The summed E-state index contributed by atoms with van der Waals surface area (Å²) in [5, 5.41) is 0. The van der Waals surface area contributed by atoms with Gasteiger partial charge in [-0.3, -0.25) is 0 Å². The molecular formula is C15H24N2. The molecule has 94 valence electrons. The summed E-state index contributed by atoms with van der Waals surface area (Å²) in [6, 6.07) is 6.89. The van der Waals surface area contributed by atoms with Crippen LogP contribution in [0.4, 0.5) is 11.4 Å². The Hall–Kier alpha value is -1.18. The van der Waals surface area contributed by atoms with Gasteiger partial charge in [-0.15, -0.1) is 0 Å². The van der Waals surface area contributed by atoms with Crippen LogP contribution in [-0.2, 0) is 0 Å². The minimum Gasteiger partial charge on any atom is -0.399 e. The van der Waals surface area contributed by atoms with E-state index >= 15 is 0 Å². The molecule has 0 radical (unpaired) electrons. The summed E-state index contributed by atoms with van der Waals surface area (Å²) in [5.74, 6) is 0.904. The molecule has 17 heavy (non-hydrogen) atoms. The molecule has 1 aromatic rings. The van der Waals surface area contributed by atoms with Gasteiger partial charge < -0.3 is 10.6 Å². The van der Waals surface area contributed by atoms with Crippen molar-refractivity contribution in [2.45, 2.75) is 45.6 Å². The molecule has 2 heteroatoms. The van der Waals surface area contributed by atoms with E-state index in [-0.39, 0.29) is 0 Å². The zero-order valence-corrected chi connectivity index (χ0v) is 11.2. The fraction of sp³-hybridized carbons (Fsp3) is 0.600. The van der Waals surface area contributed by atoms with Crippen LogP contribution in [0.2, 0.25) is 0 Å². The average molecular weight is 232 g/mol. The Morgan fingerprint density at radius 2 is 1.82 bits per heavy atom. The van der Waals surface area contributed by atoms with E-state index in [0.717, 1.165) is 11.6 Å². The molecule has 2 N–H and O–H groups in total. The highest BCUT2D eigenvalue weighted by molar-refractivity contribution is 5.61. The van der Waals surface area contributed by atoms with E-state index in [1.807, 2.05) is 6.07 Å². The number of hydrogen-bond acceptors (Lipinski definition) is 2. The zero-order valence-electron chi connectivity index (χ0n) is 11.2. The minimum absolute atomic E-state index is 0.687. The average Bonchev–Trinajstić information content (AvgIpc) is 2.32. The molecule has 2 rings (SSSR count). The fourth-order valence-electron chi connectivity index (χ4n) is 2.83. The van der Waals surface area contributed by atoms with E-state index in [2.05, 4.69) is 37.9 Å². The van der Waals surface area contributed by atoms with E-state index < -0.39 is 0 Å². The number of nitrogens with two attached hydrogens (primary N) is 1. The lowest BCUT2D eigenvalue weighted by atomic mass is 9.86. The van der Waals surface area contributed by atoms with E-state index in [9.17, 15) is 0 Å². The zero-order chi connectivity index (χ0) is 12.4. The minimum atomic E-state index is 0.687. The van der Waals surface area contributed by atoms with E-state index in [1.54, 1.807) is 0 Å². The number of anilines is 2. The van der Waals surface area contributed by atoms with Crippen LogP contribution >= 0.6 is 0 Å². The van der Waals surface area contributed by atoms with Crippen molar-refractivity contribution in [3.05, 3.63) is 23.8 Å². The van der Waals surface area contributed by atoms with Crippen LogP contribution in [0.1, 0.15) is 38.2 Å². The number of nitrogens with zero attached hydrogens (tertiary/aromatic N) is 1. The fourth-order valence-corrected chi connectivity index (χ4v) is 2.83. The molecule has 0 bridgehead atoms. The SMILES string of the molecule is Cc1ccc(N)cc1N(C)C1CCC(C)CC1. The van der Waals surface area contributed by atoms with Gasteiger partial charge >= 0.3 is 0 Å². The summed E-state index contributed by atoms with van der Waals surface area (Å²) in [4.78, 5) is 2.43. The predicted octanol–water partition coefficient (Wildman–Crippen LogP) is 3.59. The van der Waals surface area contributed by atoms with Crippen LogP contribution in [0, 0.1) is 12.8 Å². The summed E-state index contributed by atoms with van der Waals surface area (Å²) < 4.78 is 0. The standard InChI is InChI=1S/C15H24N2/c1-11-4-8-14(9-5-11)17(3)15-10-13(16)7-6-12(15)2/h6-7,10-11,14H,4-5,8-9,16H2,1-3H3. The van der Waals surface area contributed by atoms with Crippen LogP contribution in [0.3, 0.4) is 0 Å². The monoisotopic (exact) mass is 232 g/mol. The molecule has 0 heterocycles. The first-order chi connectivity index (χ1) is 8.08. The molecule has 0 spiro atoms. The Kier molecular flexibility index (Phi) is 3.60. The normalized spacial score (nSPS) is 24.6. The molecule has 0 aliphatic heterocycles. The Morgan fingerprint density at radius 1 is 1.18 bits per heavy atom. The molecule has 0 atom stereocenters. The van der Waals surface area contributed by atoms with Crippen molar-refractivity contribution in [2.24, 2.45) is 5.92 Å².